The molecule has 1 aromatic carbocycles. The number of anilines is 1. The summed E-state index contributed by atoms with van der Waals surface area (Å²) in [5.74, 6) is 1.07. The Bertz CT molecular complexity index is 857. The number of nitrogens with zero attached hydrogens (tertiary/aromatic N) is 1. The lowest BCUT2D eigenvalue weighted by molar-refractivity contribution is -0.113. The fourth-order valence-electron chi connectivity index (χ4n) is 2.40. The third kappa shape index (κ3) is 2.42. The van der Waals surface area contributed by atoms with Crippen molar-refractivity contribution in [3.63, 3.8) is 0 Å². The molecule has 0 bridgehead atoms. The summed E-state index contributed by atoms with van der Waals surface area (Å²) in [7, 11) is 0. The van der Waals surface area contributed by atoms with Crippen LogP contribution in [0.3, 0.4) is 0 Å². The van der Waals surface area contributed by atoms with Crippen molar-refractivity contribution < 1.29 is 14.3 Å². The Labute approximate surface area is 141 Å². The molecule has 0 unspecified atom stereocenters. The number of carbonyl (C=O) groups is 1. The van der Waals surface area contributed by atoms with E-state index in [1.54, 1.807) is 29.5 Å². The summed E-state index contributed by atoms with van der Waals surface area (Å²) in [5.41, 5.74) is 1.74. The van der Waals surface area contributed by atoms with Gasteiger partial charge in [0.15, 0.2) is 16.7 Å². The Morgan fingerprint density at radius 3 is 2.87 bits per heavy atom. The fraction of sp³-hybridized carbons (Fsp3) is 0.125. The Hall–Kier alpha value is -2.25. The standard InChI is InChI=1S/C16H12N2O3S2/c1-9-4-5-22-13(9)7-14-15(19)18(16(17)23-14)10-2-3-11-12(6-10)21-8-20-11/h2-7,17H,8H2,1H3/b14-7-,17-16?. The van der Waals surface area contributed by atoms with Crippen LogP contribution < -0.4 is 14.4 Å². The molecule has 2 aromatic rings. The Morgan fingerprint density at radius 2 is 2.09 bits per heavy atom. The molecule has 0 atom stereocenters. The first kappa shape index (κ1) is 14.3. The Kier molecular flexibility index (Phi) is 3.39. The number of aryl methyl sites for hydroxylation is 1. The van der Waals surface area contributed by atoms with Crippen LogP contribution in [0, 0.1) is 12.3 Å². The number of rotatable bonds is 2. The highest BCUT2D eigenvalue weighted by molar-refractivity contribution is 8.19. The maximum Gasteiger partial charge on any atom is 0.271 e. The number of thioether (sulfide) groups is 1. The van der Waals surface area contributed by atoms with Crippen LogP contribution in [-0.2, 0) is 4.79 Å². The molecule has 1 N–H and O–H groups in total. The molecule has 2 aliphatic rings. The van der Waals surface area contributed by atoms with Gasteiger partial charge in [-0.1, -0.05) is 0 Å². The minimum Gasteiger partial charge on any atom is -0.454 e. The van der Waals surface area contributed by atoms with Crippen molar-refractivity contribution in [2.75, 3.05) is 11.7 Å². The minimum absolute atomic E-state index is 0.182. The van der Waals surface area contributed by atoms with Gasteiger partial charge in [-0.3, -0.25) is 15.1 Å². The van der Waals surface area contributed by atoms with Crippen LogP contribution in [-0.4, -0.2) is 17.9 Å². The summed E-state index contributed by atoms with van der Waals surface area (Å²) in [4.78, 5) is 15.7. The number of amidine groups is 1. The quantitative estimate of drug-likeness (QED) is 0.841. The molecule has 0 saturated carbocycles. The van der Waals surface area contributed by atoms with E-state index in [-0.39, 0.29) is 17.9 Å². The molecule has 0 radical (unpaired) electrons. The van der Waals surface area contributed by atoms with Crippen molar-refractivity contribution in [3.8, 4) is 11.5 Å². The Morgan fingerprint density at radius 1 is 1.26 bits per heavy atom. The zero-order chi connectivity index (χ0) is 16.0. The molecule has 1 amide bonds. The van der Waals surface area contributed by atoms with Crippen LogP contribution in [0.25, 0.3) is 6.08 Å². The Balaban J connectivity index is 1.68. The van der Waals surface area contributed by atoms with Crippen LogP contribution in [0.2, 0.25) is 0 Å². The smallest absolute Gasteiger partial charge is 0.271 e. The molecule has 2 aliphatic heterocycles. The molecule has 0 aliphatic carbocycles. The van der Waals surface area contributed by atoms with Crippen molar-refractivity contribution >= 4 is 45.9 Å². The van der Waals surface area contributed by atoms with E-state index < -0.39 is 0 Å². The van der Waals surface area contributed by atoms with E-state index in [0.717, 1.165) is 10.4 Å². The van der Waals surface area contributed by atoms with Gasteiger partial charge < -0.3 is 9.47 Å². The molecule has 7 heteroatoms. The van der Waals surface area contributed by atoms with Crippen molar-refractivity contribution in [2.24, 2.45) is 0 Å². The van der Waals surface area contributed by atoms with Gasteiger partial charge in [-0.15, -0.1) is 11.3 Å². The highest BCUT2D eigenvalue weighted by Gasteiger charge is 2.34. The number of thiophene rings is 1. The third-order valence-corrected chi connectivity index (χ3v) is 5.46. The summed E-state index contributed by atoms with van der Waals surface area (Å²) in [6.07, 6.45) is 1.86. The molecule has 1 aromatic heterocycles. The summed E-state index contributed by atoms with van der Waals surface area (Å²) in [5, 5.41) is 10.3. The first-order chi connectivity index (χ1) is 11.1. The molecule has 1 saturated heterocycles. The van der Waals surface area contributed by atoms with E-state index in [1.165, 1.54) is 16.7 Å². The number of amides is 1. The number of nitrogens with one attached hydrogen (secondary N) is 1. The second-order valence-corrected chi connectivity index (χ2v) is 7.04. The molecule has 3 heterocycles. The highest BCUT2D eigenvalue weighted by Crippen LogP contribution is 2.40. The van der Waals surface area contributed by atoms with E-state index in [9.17, 15) is 4.79 Å². The molecule has 23 heavy (non-hydrogen) atoms. The van der Waals surface area contributed by atoms with Gasteiger partial charge in [-0.2, -0.15) is 0 Å². The average molecular weight is 344 g/mol. The normalized spacial score (nSPS) is 18.3. The third-order valence-electron chi connectivity index (χ3n) is 3.60. The number of hydrogen-bond donors (Lipinski definition) is 1. The molecular weight excluding hydrogens is 332 g/mol. The largest absolute Gasteiger partial charge is 0.454 e. The van der Waals surface area contributed by atoms with Gasteiger partial charge in [0, 0.05) is 10.9 Å². The molecule has 1 fully saturated rings. The monoisotopic (exact) mass is 344 g/mol. The predicted molar refractivity (Wildman–Crippen MR) is 92.4 cm³/mol. The lowest BCUT2D eigenvalue weighted by atomic mass is 10.2. The summed E-state index contributed by atoms with van der Waals surface area (Å²) < 4.78 is 10.6. The molecular formula is C16H12N2O3S2. The second kappa shape index (κ2) is 5.43. The average Bonchev–Trinajstić information content (AvgIpc) is 3.21. The number of hydrogen-bond acceptors (Lipinski definition) is 6. The predicted octanol–water partition coefficient (Wildman–Crippen LogP) is 3.84. The van der Waals surface area contributed by atoms with E-state index in [0.29, 0.717) is 22.1 Å². The van der Waals surface area contributed by atoms with E-state index in [4.69, 9.17) is 14.9 Å². The van der Waals surface area contributed by atoms with Crippen LogP contribution in [0.5, 0.6) is 11.5 Å². The second-order valence-electron chi connectivity index (χ2n) is 5.06. The summed E-state index contributed by atoms with van der Waals surface area (Å²) >= 11 is 2.76. The lowest BCUT2D eigenvalue weighted by Crippen LogP contribution is -2.28. The van der Waals surface area contributed by atoms with Crippen molar-refractivity contribution in [1.29, 1.82) is 5.41 Å². The number of ether oxygens (including phenoxy) is 2. The number of benzene rings is 1. The summed E-state index contributed by atoms with van der Waals surface area (Å²) in [6.45, 7) is 2.19. The number of fused-ring (bicyclic) bond motifs is 1. The fourth-order valence-corrected chi connectivity index (χ4v) is 4.17. The van der Waals surface area contributed by atoms with Crippen molar-refractivity contribution in [1.82, 2.24) is 0 Å². The van der Waals surface area contributed by atoms with E-state index in [2.05, 4.69) is 0 Å². The van der Waals surface area contributed by atoms with E-state index in [1.807, 2.05) is 24.4 Å². The molecule has 0 spiro atoms. The lowest BCUT2D eigenvalue weighted by Gasteiger charge is -2.14. The maximum absolute atomic E-state index is 12.7. The highest BCUT2D eigenvalue weighted by atomic mass is 32.2. The number of carbonyl (C=O) groups excluding carboxylic acids is 1. The van der Waals surface area contributed by atoms with Crippen LogP contribution in [0.1, 0.15) is 10.4 Å². The first-order valence-corrected chi connectivity index (χ1v) is 8.59. The molecule has 4 rings (SSSR count). The molecule has 116 valence electrons. The van der Waals surface area contributed by atoms with Crippen LogP contribution in [0.4, 0.5) is 5.69 Å². The van der Waals surface area contributed by atoms with Crippen molar-refractivity contribution in [2.45, 2.75) is 6.92 Å². The van der Waals surface area contributed by atoms with Gasteiger partial charge in [0.2, 0.25) is 6.79 Å². The van der Waals surface area contributed by atoms with Gasteiger partial charge in [0.1, 0.15) is 0 Å². The topological polar surface area (TPSA) is 62.6 Å². The first-order valence-electron chi connectivity index (χ1n) is 6.90. The van der Waals surface area contributed by atoms with Crippen LogP contribution >= 0.6 is 23.1 Å². The van der Waals surface area contributed by atoms with Gasteiger partial charge in [0.05, 0.1) is 10.6 Å². The van der Waals surface area contributed by atoms with Crippen LogP contribution in [0.15, 0.2) is 34.6 Å². The maximum atomic E-state index is 12.7. The van der Waals surface area contributed by atoms with Gasteiger partial charge in [-0.25, -0.2) is 0 Å². The van der Waals surface area contributed by atoms with Gasteiger partial charge >= 0.3 is 0 Å². The SMILES string of the molecule is Cc1ccsc1/C=C1\SC(=N)N(c2ccc3c(c2)OCO3)C1=O. The zero-order valence-corrected chi connectivity index (χ0v) is 13.8. The van der Waals surface area contributed by atoms with Crippen molar-refractivity contribution in [3.05, 3.63) is 45.0 Å². The van der Waals surface area contributed by atoms with Gasteiger partial charge in [0.25, 0.3) is 5.91 Å². The minimum atomic E-state index is -0.188. The van der Waals surface area contributed by atoms with Gasteiger partial charge in [-0.05, 0) is 53.9 Å². The van der Waals surface area contributed by atoms with E-state index >= 15 is 0 Å². The zero-order valence-electron chi connectivity index (χ0n) is 12.2. The molecule has 5 nitrogen and oxygen atoms in total. The summed E-state index contributed by atoms with van der Waals surface area (Å²) in [6, 6.07) is 7.27.